The van der Waals surface area contributed by atoms with Crippen molar-refractivity contribution in [2.24, 2.45) is 0 Å². The zero-order chi connectivity index (χ0) is 10.1. The molecule has 1 nitrogen and oxygen atoms in total. The van der Waals surface area contributed by atoms with E-state index in [0.29, 0.717) is 0 Å². The lowest BCUT2D eigenvalue weighted by molar-refractivity contribution is -0.0557. The smallest absolute Gasteiger partial charge is 0.297 e. The molecule has 0 saturated heterocycles. The van der Waals surface area contributed by atoms with E-state index in [2.05, 4.69) is 0 Å². The van der Waals surface area contributed by atoms with Crippen LogP contribution in [0.2, 0.25) is 5.02 Å². The number of alkyl halides is 2. The minimum Gasteiger partial charge on any atom is -0.390 e. The Balaban J connectivity index is 3.22. The lowest BCUT2D eigenvalue weighted by Gasteiger charge is -2.14. The van der Waals surface area contributed by atoms with Gasteiger partial charge in [0.25, 0.3) is 5.92 Å². The number of halogens is 4. The third-order valence-electron chi connectivity index (χ3n) is 1.54. The molecule has 0 spiro atoms. The number of hydrogen-bond acceptors (Lipinski definition) is 1. The maximum atomic E-state index is 12.8. The van der Waals surface area contributed by atoms with Gasteiger partial charge in [-0.3, -0.25) is 0 Å². The van der Waals surface area contributed by atoms with E-state index in [-0.39, 0.29) is 0 Å². The van der Waals surface area contributed by atoms with Crippen molar-refractivity contribution in [1.82, 2.24) is 0 Å². The highest BCUT2D eigenvalue weighted by atomic mass is 35.5. The zero-order valence-corrected chi connectivity index (χ0v) is 7.15. The van der Waals surface area contributed by atoms with Crippen molar-refractivity contribution in [3.63, 3.8) is 0 Å². The largest absolute Gasteiger partial charge is 0.390 e. The van der Waals surface area contributed by atoms with Gasteiger partial charge in [-0.05, 0) is 6.07 Å². The van der Waals surface area contributed by atoms with Crippen molar-refractivity contribution in [3.8, 4) is 0 Å². The van der Waals surface area contributed by atoms with Crippen LogP contribution in [0, 0.1) is 5.82 Å². The molecule has 0 aromatic heterocycles. The minimum absolute atomic E-state index is 0.651. The average Bonchev–Trinajstić information content (AvgIpc) is 2.09. The Bertz CT molecular complexity index is 314. The number of aliphatic hydroxyl groups excluding tert-OH is 1. The van der Waals surface area contributed by atoms with E-state index < -0.39 is 28.9 Å². The van der Waals surface area contributed by atoms with Gasteiger partial charge < -0.3 is 5.11 Å². The van der Waals surface area contributed by atoms with Crippen molar-refractivity contribution in [2.45, 2.75) is 5.92 Å². The van der Waals surface area contributed by atoms with Gasteiger partial charge in [-0.1, -0.05) is 23.7 Å². The fourth-order valence-corrected chi connectivity index (χ4v) is 1.14. The van der Waals surface area contributed by atoms with E-state index in [1.54, 1.807) is 0 Å². The summed E-state index contributed by atoms with van der Waals surface area (Å²) in [4.78, 5) is 0. The van der Waals surface area contributed by atoms with Crippen LogP contribution in [0.15, 0.2) is 18.2 Å². The van der Waals surface area contributed by atoms with Crippen molar-refractivity contribution in [3.05, 3.63) is 34.6 Å². The summed E-state index contributed by atoms with van der Waals surface area (Å²) >= 11 is 5.29. The van der Waals surface area contributed by atoms with Crippen LogP contribution in [0.1, 0.15) is 5.56 Å². The third-order valence-corrected chi connectivity index (χ3v) is 1.93. The molecule has 1 rings (SSSR count). The Morgan fingerprint density at radius 3 is 2.54 bits per heavy atom. The molecule has 0 radical (unpaired) electrons. The molecule has 13 heavy (non-hydrogen) atoms. The van der Waals surface area contributed by atoms with Gasteiger partial charge in [-0.25, -0.2) is 4.39 Å². The summed E-state index contributed by atoms with van der Waals surface area (Å²) in [6.45, 7) is -1.39. The summed E-state index contributed by atoms with van der Waals surface area (Å²) in [5.41, 5.74) is -0.698. The molecular formula is C8H6ClF3O. The van der Waals surface area contributed by atoms with Gasteiger partial charge in [0.2, 0.25) is 0 Å². The lowest BCUT2D eigenvalue weighted by Crippen LogP contribution is -2.19. The number of rotatable bonds is 2. The van der Waals surface area contributed by atoms with Crippen LogP contribution < -0.4 is 0 Å². The van der Waals surface area contributed by atoms with Gasteiger partial charge in [-0.15, -0.1) is 0 Å². The fraction of sp³-hybridized carbons (Fsp3) is 0.250. The van der Waals surface area contributed by atoms with Crippen LogP contribution >= 0.6 is 11.6 Å². The molecule has 0 unspecified atom stereocenters. The summed E-state index contributed by atoms with van der Waals surface area (Å²) in [6.07, 6.45) is 0. The molecule has 1 aromatic rings. The number of aliphatic hydroxyl groups is 1. The highest BCUT2D eigenvalue weighted by Crippen LogP contribution is 2.33. The first-order valence-corrected chi connectivity index (χ1v) is 3.80. The van der Waals surface area contributed by atoms with Crippen molar-refractivity contribution in [2.75, 3.05) is 6.61 Å². The monoisotopic (exact) mass is 210 g/mol. The Labute approximate surface area is 77.8 Å². The first-order valence-electron chi connectivity index (χ1n) is 3.42. The van der Waals surface area contributed by atoms with Crippen LogP contribution in [0.4, 0.5) is 13.2 Å². The van der Waals surface area contributed by atoms with E-state index in [1.165, 1.54) is 0 Å². The first-order chi connectivity index (χ1) is 5.99. The third kappa shape index (κ3) is 1.95. The van der Waals surface area contributed by atoms with Gasteiger partial charge in [0.05, 0.1) is 5.02 Å². The van der Waals surface area contributed by atoms with Crippen molar-refractivity contribution in [1.29, 1.82) is 0 Å². The van der Waals surface area contributed by atoms with E-state index in [9.17, 15) is 13.2 Å². The molecule has 5 heteroatoms. The zero-order valence-electron chi connectivity index (χ0n) is 6.40. The molecular weight excluding hydrogens is 205 g/mol. The molecule has 1 N–H and O–H groups in total. The van der Waals surface area contributed by atoms with Crippen LogP contribution in [-0.2, 0) is 5.92 Å². The molecule has 0 bridgehead atoms. The molecule has 72 valence electrons. The fourth-order valence-electron chi connectivity index (χ4n) is 0.871. The molecule has 0 fully saturated rings. The highest BCUT2D eigenvalue weighted by Gasteiger charge is 2.33. The predicted molar refractivity (Wildman–Crippen MR) is 42.4 cm³/mol. The summed E-state index contributed by atoms with van der Waals surface area (Å²) in [5, 5.41) is 7.68. The minimum atomic E-state index is -3.50. The number of benzene rings is 1. The second-order valence-corrected chi connectivity index (χ2v) is 2.84. The summed E-state index contributed by atoms with van der Waals surface area (Å²) in [7, 11) is 0. The Kier molecular flexibility index (Phi) is 2.83. The van der Waals surface area contributed by atoms with E-state index in [4.69, 9.17) is 16.7 Å². The van der Waals surface area contributed by atoms with E-state index in [1.807, 2.05) is 0 Å². The SMILES string of the molecule is OCC(F)(F)c1cccc(F)c1Cl. The Hall–Kier alpha value is -0.740. The Morgan fingerprint density at radius 1 is 1.38 bits per heavy atom. The summed E-state index contributed by atoms with van der Waals surface area (Å²) in [6, 6.07) is 3.06. The van der Waals surface area contributed by atoms with E-state index in [0.717, 1.165) is 18.2 Å². The summed E-state index contributed by atoms with van der Waals surface area (Å²) < 4.78 is 38.3. The molecule has 0 heterocycles. The van der Waals surface area contributed by atoms with Crippen molar-refractivity contribution >= 4 is 11.6 Å². The average molecular weight is 211 g/mol. The van der Waals surface area contributed by atoms with Gasteiger partial charge >= 0.3 is 0 Å². The van der Waals surface area contributed by atoms with Gasteiger partial charge in [0, 0.05) is 5.56 Å². The second-order valence-electron chi connectivity index (χ2n) is 2.46. The van der Waals surface area contributed by atoms with Crippen LogP contribution in [-0.4, -0.2) is 11.7 Å². The van der Waals surface area contributed by atoms with Gasteiger partial charge in [0.1, 0.15) is 12.4 Å². The maximum Gasteiger partial charge on any atom is 0.297 e. The standard InChI is InChI=1S/C8H6ClF3O/c9-7-5(8(11,12)4-13)2-1-3-6(7)10/h1-3,13H,4H2. The second kappa shape index (κ2) is 3.55. The molecule has 0 aliphatic rings. The highest BCUT2D eigenvalue weighted by molar-refractivity contribution is 6.31. The van der Waals surface area contributed by atoms with E-state index >= 15 is 0 Å². The molecule has 0 atom stereocenters. The van der Waals surface area contributed by atoms with Crippen LogP contribution in [0.5, 0.6) is 0 Å². The Morgan fingerprint density at radius 2 is 2.00 bits per heavy atom. The van der Waals surface area contributed by atoms with Crippen LogP contribution in [0.3, 0.4) is 0 Å². The van der Waals surface area contributed by atoms with Crippen molar-refractivity contribution < 1.29 is 18.3 Å². The quantitative estimate of drug-likeness (QED) is 0.796. The van der Waals surface area contributed by atoms with Gasteiger partial charge in [0.15, 0.2) is 0 Å². The normalized spacial score (nSPS) is 11.8. The maximum absolute atomic E-state index is 12.8. The van der Waals surface area contributed by atoms with Gasteiger partial charge in [-0.2, -0.15) is 8.78 Å². The van der Waals surface area contributed by atoms with Crippen LogP contribution in [0.25, 0.3) is 0 Å². The number of hydrogen-bond donors (Lipinski definition) is 1. The molecule has 0 aliphatic carbocycles. The molecule has 0 saturated carbocycles. The summed E-state index contributed by atoms with van der Waals surface area (Å²) in [5.74, 6) is -4.42. The predicted octanol–water partition coefficient (Wildman–Crippen LogP) is 2.56. The molecule has 0 aliphatic heterocycles. The molecule has 1 aromatic carbocycles. The first kappa shape index (κ1) is 10.3. The topological polar surface area (TPSA) is 20.2 Å². The lowest BCUT2D eigenvalue weighted by atomic mass is 10.1. The molecule has 0 amide bonds.